The number of hydrogen-bond donors (Lipinski definition) is 1. The maximum Gasteiger partial charge on any atom is 0.410 e. The van der Waals surface area contributed by atoms with Gasteiger partial charge in [-0.25, -0.2) is 9.59 Å². The average Bonchev–Trinajstić information content (AvgIpc) is 3.66. The van der Waals surface area contributed by atoms with Crippen LogP contribution >= 0.6 is 0 Å². The number of benzene rings is 4. The van der Waals surface area contributed by atoms with Crippen LogP contribution in [0, 0.1) is 5.92 Å². The van der Waals surface area contributed by atoms with Gasteiger partial charge in [-0.3, -0.25) is 9.59 Å². The normalized spacial score (nSPS) is 14.7. The van der Waals surface area contributed by atoms with Crippen molar-refractivity contribution >= 4 is 45.4 Å². The predicted molar refractivity (Wildman–Crippen MR) is 204 cm³/mol. The first kappa shape index (κ1) is 38.0. The van der Waals surface area contributed by atoms with E-state index >= 15 is 0 Å². The molecule has 5 aromatic rings. The molecule has 6 rings (SSSR count). The molecule has 3 amide bonds. The molecule has 2 heterocycles. The summed E-state index contributed by atoms with van der Waals surface area (Å²) in [6, 6.07) is 26.2. The number of rotatable bonds is 11. The van der Waals surface area contributed by atoms with Crippen molar-refractivity contribution in [2.24, 2.45) is 5.92 Å². The molecule has 54 heavy (non-hydrogen) atoms. The fourth-order valence-corrected chi connectivity index (χ4v) is 6.77. The average molecular weight is 734 g/mol. The molecule has 0 bridgehead atoms. The summed E-state index contributed by atoms with van der Waals surface area (Å²) in [6.45, 7) is 8.00. The molecule has 0 aliphatic carbocycles. The van der Waals surface area contributed by atoms with Crippen molar-refractivity contribution in [1.29, 1.82) is 0 Å². The Balaban J connectivity index is 1.28. The Morgan fingerprint density at radius 3 is 2.02 bits per heavy atom. The van der Waals surface area contributed by atoms with Crippen LogP contribution in [-0.2, 0) is 31.9 Å². The van der Waals surface area contributed by atoms with Crippen molar-refractivity contribution < 1.29 is 33.2 Å². The molecular formula is C42H47N5O7. The molecule has 12 heteroatoms. The Bertz CT molecular complexity index is 2130. The Labute approximate surface area is 314 Å². The number of fused-ring (bicyclic) bond motifs is 2. The third-order valence-corrected chi connectivity index (χ3v) is 9.63. The molecule has 1 N–H and O–H groups in total. The predicted octanol–water partition coefficient (Wildman–Crippen LogP) is 6.67. The van der Waals surface area contributed by atoms with Gasteiger partial charge >= 0.3 is 12.1 Å². The maximum absolute atomic E-state index is 14.7. The van der Waals surface area contributed by atoms with Crippen LogP contribution in [-0.4, -0.2) is 82.2 Å². The minimum Gasteiger partial charge on any atom is -0.460 e. The fraction of sp³-hybridized carbons (Fsp3) is 0.381. The summed E-state index contributed by atoms with van der Waals surface area (Å²) in [5.41, 5.74) is 1.15. The summed E-state index contributed by atoms with van der Waals surface area (Å²) < 4.78 is 16.2. The third kappa shape index (κ3) is 9.22. The molecule has 0 radical (unpaired) electrons. The number of nitrogens with one attached hydrogen (secondary N) is 1. The summed E-state index contributed by atoms with van der Waals surface area (Å²) in [4.78, 5) is 61.4. The molecule has 12 nitrogen and oxygen atoms in total. The number of amides is 3. The van der Waals surface area contributed by atoms with Gasteiger partial charge in [0.05, 0.1) is 6.61 Å². The Kier molecular flexibility index (Phi) is 11.6. The van der Waals surface area contributed by atoms with Gasteiger partial charge in [0.25, 0.3) is 5.82 Å². The van der Waals surface area contributed by atoms with Gasteiger partial charge in [0, 0.05) is 38.9 Å². The van der Waals surface area contributed by atoms with Crippen LogP contribution in [0.2, 0.25) is 0 Å². The summed E-state index contributed by atoms with van der Waals surface area (Å²) in [5.74, 6) is -1.95. The van der Waals surface area contributed by atoms with E-state index in [0.29, 0.717) is 25.9 Å². The van der Waals surface area contributed by atoms with Gasteiger partial charge in [-0.15, -0.1) is 0 Å². The van der Waals surface area contributed by atoms with Crippen molar-refractivity contribution in [3.05, 3.63) is 108 Å². The van der Waals surface area contributed by atoms with Crippen molar-refractivity contribution in [3.63, 3.8) is 0 Å². The number of nitrogens with zero attached hydrogens (tertiary/aromatic N) is 4. The van der Waals surface area contributed by atoms with Crippen LogP contribution < -0.4 is 5.32 Å². The van der Waals surface area contributed by atoms with Gasteiger partial charge in [-0.05, 0) is 78.4 Å². The molecule has 0 spiro atoms. The maximum atomic E-state index is 14.7. The number of carbonyl (C=O) groups is 4. The number of aromatic nitrogens is 2. The smallest absolute Gasteiger partial charge is 0.410 e. The monoisotopic (exact) mass is 733 g/mol. The molecule has 1 aliphatic rings. The number of likely N-dealkylation sites (tertiary alicyclic amines) is 1. The van der Waals surface area contributed by atoms with Crippen LogP contribution in [0.3, 0.4) is 0 Å². The summed E-state index contributed by atoms with van der Waals surface area (Å²) in [7, 11) is 1.64. The Morgan fingerprint density at radius 2 is 1.44 bits per heavy atom. The lowest BCUT2D eigenvalue weighted by atomic mass is 9.94. The van der Waals surface area contributed by atoms with Gasteiger partial charge in [0.15, 0.2) is 0 Å². The van der Waals surface area contributed by atoms with Crippen molar-refractivity contribution in [1.82, 2.24) is 25.3 Å². The second kappa shape index (κ2) is 16.5. The standard InChI is InChI=1S/C42H47N5O7/c1-6-52-40(50)36-44-38(54-45-36)35(26-28-16-18-30-12-8-10-14-33(30)24-28)46(5)39(49)34(25-27-15-17-29-11-7-9-13-32(29)23-27)43-37(48)31-19-21-47(22-20-31)41(51)53-42(2,3)4/h7-18,23-24,31,34-35H,6,19-22,25-26H2,1-5H3,(H,43,48). The van der Waals surface area contributed by atoms with E-state index in [1.54, 1.807) is 18.9 Å². The van der Waals surface area contributed by atoms with Gasteiger partial charge < -0.3 is 29.1 Å². The van der Waals surface area contributed by atoms with Crippen LogP contribution in [0.4, 0.5) is 4.79 Å². The highest BCUT2D eigenvalue weighted by Crippen LogP contribution is 2.28. The van der Waals surface area contributed by atoms with Crippen molar-refractivity contribution in [2.45, 2.75) is 71.1 Å². The molecule has 4 aromatic carbocycles. The molecule has 2 unspecified atom stereocenters. The lowest BCUT2D eigenvalue weighted by molar-refractivity contribution is -0.139. The lowest BCUT2D eigenvalue weighted by Crippen LogP contribution is -2.52. The van der Waals surface area contributed by atoms with E-state index in [4.69, 9.17) is 14.0 Å². The number of hydrogen-bond acceptors (Lipinski definition) is 9. The van der Waals surface area contributed by atoms with Crippen LogP contribution in [0.5, 0.6) is 0 Å². The molecule has 0 saturated carbocycles. The highest BCUT2D eigenvalue weighted by atomic mass is 16.6. The fourth-order valence-electron chi connectivity index (χ4n) is 6.77. The van der Waals surface area contributed by atoms with E-state index in [-0.39, 0.29) is 43.0 Å². The topological polar surface area (TPSA) is 144 Å². The first-order valence-electron chi connectivity index (χ1n) is 18.4. The van der Waals surface area contributed by atoms with Crippen LogP contribution in [0.1, 0.15) is 74.2 Å². The largest absolute Gasteiger partial charge is 0.460 e. The van der Waals surface area contributed by atoms with Gasteiger partial charge in [-0.2, -0.15) is 4.98 Å². The third-order valence-electron chi connectivity index (χ3n) is 9.63. The van der Waals surface area contributed by atoms with Gasteiger partial charge in [0.1, 0.15) is 17.7 Å². The van der Waals surface area contributed by atoms with E-state index in [2.05, 4.69) is 15.5 Å². The minimum atomic E-state index is -0.959. The zero-order valence-electron chi connectivity index (χ0n) is 31.4. The first-order valence-corrected chi connectivity index (χ1v) is 18.4. The summed E-state index contributed by atoms with van der Waals surface area (Å²) in [6.07, 6.45) is 0.966. The summed E-state index contributed by atoms with van der Waals surface area (Å²) in [5, 5.41) is 11.1. The molecule has 1 saturated heterocycles. The lowest BCUT2D eigenvalue weighted by Gasteiger charge is -2.34. The van der Waals surface area contributed by atoms with Gasteiger partial charge in [-0.1, -0.05) is 84.9 Å². The molecule has 1 fully saturated rings. The number of piperidine rings is 1. The van der Waals surface area contributed by atoms with E-state index in [1.165, 1.54) is 4.90 Å². The second-order valence-corrected chi connectivity index (χ2v) is 14.7. The SMILES string of the molecule is CCOC(=O)c1noc(C(Cc2ccc3ccccc3c2)N(C)C(=O)C(Cc2ccc3ccccc3c2)NC(=O)C2CCN(C(=O)OC(C)(C)C)CC2)n1. The molecule has 2 atom stereocenters. The van der Waals surface area contributed by atoms with Crippen LogP contribution in [0.25, 0.3) is 21.5 Å². The molecule has 282 valence electrons. The molecule has 1 aromatic heterocycles. The highest BCUT2D eigenvalue weighted by molar-refractivity contribution is 5.90. The van der Waals surface area contributed by atoms with E-state index in [1.807, 2.05) is 106 Å². The number of ether oxygens (including phenoxy) is 2. The van der Waals surface area contributed by atoms with Crippen LogP contribution in [0.15, 0.2) is 89.5 Å². The zero-order chi connectivity index (χ0) is 38.4. The highest BCUT2D eigenvalue weighted by Gasteiger charge is 2.36. The Morgan fingerprint density at radius 1 is 0.870 bits per heavy atom. The number of likely N-dealkylation sites (N-methyl/N-ethyl adjacent to an activating group) is 1. The quantitative estimate of drug-likeness (QED) is 0.147. The summed E-state index contributed by atoms with van der Waals surface area (Å²) >= 11 is 0. The molecule has 1 aliphatic heterocycles. The Hall–Kier alpha value is -5.78. The molecular weight excluding hydrogens is 686 g/mol. The minimum absolute atomic E-state index is 0.0624. The number of esters is 1. The zero-order valence-corrected chi connectivity index (χ0v) is 31.4. The van der Waals surface area contributed by atoms with E-state index < -0.39 is 35.7 Å². The first-order chi connectivity index (χ1) is 25.9. The second-order valence-electron chi connectivity index (χ2n) is 14.7. The van der Waals surface area contributed by atoms with E-state index in [9.17, 15) is 19.2 Å². The van der Waals surface area contributed by atoms with Gasteiger partial charge in [0.2, 0.25) is 17.7 Å². The van der Waals surface area contributed by atoms with Crippen molar-refractivity contribution in [3.8, 4) is 0 Å². The number of carbonyl (C=O) groups excluding carboxylic acids is 4. The van der Waals surface area contributed by atoms with Crippen molar-refractivity contribution in [2.75, 3.05) is 26.7 Å². The van der Waals surface area contributed by atoms with E-state index in [0.717, 1.165) is 32.7 Å².